The molecule has 0 aliphatic carbocycles. The number of hydrogen-bond acceptors (Lipinski definition) is 5. The highest BCUT2D eigenvalue weighted by atomic mass is 35.5. The normalized spacial score (nSPS) is 11.5. The SMILES string of the molecule is CC(C)[C@H](N)C(=O)NCC(=O)Nc1ccc(-c2cnco2)cc1.Cl. The van der Waals surface area contributed by atoms with Crippen LogP contribution in [0.25, 0.3) is 11.3 Å². The number of amides is 2. The van der Waals surface area contributed by atoms with E-state index in [0.717, 1.165) is 5.56 Å². The lowest BCUT2D eigenvalue weighted by Crippen LogP contribution is -2.46. The van der Waals surface area contributed by atoms with Crippen LogP contribution in [-0.2, 0) is 9.59 Å². The lowest BCUT2D eigenvalue weighted by atomic mass is 10.1. The average molecular weight is 353 g/mol. The van der Waals surface area contributed by atoms with Crippen LogP contribution in [0, 0.1) is 5.92 Å². The molecule has 1 aromatic carbocycles. The minimum absolute atomic E-state index is 0. The van der Waals surface area contributed by atoms with E-state index in [2.05, 4.69) is 15.6 Å². The fourth-order valence-corrected chi connectivity index (χ4v) is 1.87. The molecular weight excluding hydrogens is 332 g/mol. The van der Waals surface area contributed by atoms with Crippen molar-refractivity contribution in [2.45, 2.75) is 19.9 Å². The Bertz CT molecular complexity index is 656. The van der Waals surface area contributed by atoms with Crippen LogP contribution in [0.4, 0.5) is 5.69 Å². The second-order valence-corrected chi connectivity index (χ2v) is 5.48. The van der Waals surface area contributed by atoms with Gasteiger partial charge in [-0.05, 0) is 30.2 Å². The van der Waals surface area contributed by atoms with E-state index in [9.17, 15) is 9.59 Å². The Kier molecular flexibility index (Phi) is 7.41. The van der Waals surface area contributed by atoms with E-state index in [4.69, 9.17) is 10.2 Å². The van der Waals surface area contributed by atoms with Gasteiger partial charge >= 0.3 is 0 Å². The fraction of sp³-hybridized carbons (Fsp3) is 0.312. The lowest BCUT2D eigenvalue weighted by Gasteiger charge is -2.15. The third-order valence-electron chi connectivity index (χ3n) is 3.33. The fourth-order valence-electron chi connectivity index (χ4n) is 1.87. The Morgan fingerprint density at radius 1 is 1.25 bits per heavy atom. The van der Waals surface area contributed by atoms with Crippen molar-refractivity contribution in [1.82, 2.24) is 10.3 Å². The predicted octanol–water partition coefficient (Wildman–Crippen LogP) is 1.80. The quantitative estimate of drug-likeness (QED) is 0.734. The zero-order chi connectivity index (χ0) is 16.8. The first-order valence-corrected chi connectivity index (χ1v) is 7.29. The summed E-state index contributed by atoms with van der Waals surface area (Å²) in [5.74, 6) is 0.0112. The van der Waals surface area contributed by atoms with Gasteiger partial charge in [0.25, 0.3) is 0 Å². The molecule has 2 aromatic rings. The largest absolute Gasteiger partial charge is 0.444 e. The molecule has 8 heteroatoms. The van der Waals surface area contributed by atoms with Gasteiger partial charge in [-0.1, -0.05) is 13.8 Å². The summed E-state index contributed by atoms with van der Waals surface area (Å²) in [6.45, 7) is 3.57. The number of carbonyl (C=O) groups is 2. The van der Waals surface area contributed by atoms with Crippen LogP contribution in [0.2, 0.25) is 0 Å². The molecule has 0 spiro atoms. The molecule has 0 aliphatic heterocycles. The number of oxazole rings is 1. The van der Waals surface area contributed by atoms with Crippen molar-refractivity contribution < 1.29 is 14.0 Å². The van der Waals surface area contributed by atoms with E-state index >= 15 is 0 Å². The molecule has 7 nitrogen and oxygen atoms in total. The number of carbonyl (C=O) groups excluding carboxylic acids is 2. The van der Waals surface area contributed by atoms with E-state index in [-0.39, 0.29) is 36.7 Å². The number of hydrogen-bond donors (Lipinski definition) is 3. The third kappa shape index (κ3) is 5.36. The number of aromatic nitrogens is 1. The molecule has 2 rings (SSSR count). The second kappa shape index (κ2) is 9.05. The average Bonchev–Trinajstić information content (AvgIpc) is 3.07. The van der Waals surface area contributed by atoms with Crippen molar-refractivity contribution in [3.05, 3.63) is 36.9 Å². The van der Waals surface area contributed by atoms with Crippen molar-refractivity contribution in [3.8, 4) is 11.3 Å². The summed E-state index contributed by atoms with van der Waals surface area (Å²) in [6.07, 6.45) is 2.97. The maximum Gasteiger partial charge on any atom is 0.243 e. The first kappa shape index (κ1) is 19.7. The number of nitrogens with zero attached hydrogens (tertiary/aromatic N) is 1. The van der Waals surface area contributed by atoms with Gasteiger partial charge in [-0.2, -0.15) is 0 Å². The number of halogens is 1. The van der Waals surface area contributed by atoms with Gasteiger partial charge in [0.2, 0.25) is 11.8 Å². The molecule has 4 N–H and O–H groups in total. The van der Waals surface area contributed by atoms with Crippen LogP contribution in [0.5, 0.6) is 0 Å². The highest BCUT2D eigenvalue weighted by Gasteiger charge is 2.17. The molecular formula is C16H21ClN4O3. The van der Waals surface area contributed by atoms with Crippen molar-refractivity contribution in [1.29, 1.82) is 0 Å². The maximum atomic E-state index is 11.8. The highest BCUT2D eigenvalue weighted by molar-refractivity contribution is 5.95. The van der Waals surface area contributed by atoms with Crippen LogP contribution in [0.15, 0.2) is 41.3 Å². The van der Waals surface area contributed by atoms with E-state index in [1.165, 1.54) is 6.39 Å². The third-order valence-corrected chi connectivity index (χ3v) is 3.33. The molecule has 1 heterocycles. The maximum absolute atomic E-state index is 11.8. The number of benzene rings is 1. The van der Waals surface area contributed by atoms with Crippen LogP contribution >= 0.6 is 12.4 Å². The van der Waals surface area contributed by atoms with Gasteiger partial charge in [0.05, 0.1) is 18.8 Å². The number of nitrogens with one attached hydrogen (secondary N) is 2. The van der Waals surface area contributed by atoms with E-state index in [1.807, 2.05) is 26.0 Å². The molecule has 0 radical (unpaired) electrons. The van der Waals surface area contributed by atoms with Crippen molar-refractivity contribution in [2.24, 2.45) is 11.7 Å². The van der Waals surface area contributed by atoms with Gasteiger partial charge in [0.1, 0.15) is 0 Å². The zero-order valence-corrected chi connectivity index (χ0v) is 14.3. The lowest BCUT2D eigenvalue weighted by molar-refractivity contribution is -0.125. The Hall–Kier alpha value is -2.38. The summed E-state index contributed by atoms with van der Waals surface area (Å²) in [5.41, 5.74) is 7.19. The van der Waals surface area contributed by atoms with Gasteiger partial charge in [-0.25, -0.2) is 4.98 Å². The van der Waals surface area contributed by atoms with Gasteiger partial charge < -0.3 is 20.8 Å². The van der Waals surface area contributed by atoms with E-state index in [0.29, 0.717) is 11.4 Å². The second-order valence-electron chi connectivity index (χ2n) is 5.48. The van der Waals surface area contributed by atoms with Crippen molar-refractivity contribution in [2.75, 3.05) is 11.9 Å². The Morgan fingerprint density at radius 2 is 1.92 bits per heavy atom. The molecule has 130 valence electrons. The molecule has 24 heavy (non-hydrogen) atoms. The molecule has 0 bridgehead atoms. The molecule has 0 saturated heterocycles. The summed E-state index contributed by atoms with van der Waals surface area (Å²) < 4.78 is 5.19. The molecule has 1 aromatic heterocycles. The van der Waals surface area contributed by atoms with Gasteiger partial charge in [-0.3, -0.25) is 9.59 Å². The molecule has 0 fully saturated rings. The van der Waals surface area contributed by atoms with Crippen LogP contribution < -0.4 is 16.4 Å². The zero-order valence-electron chi connectivity index (χ0n) is 13.5. The van der Waals surface area contributed by atoms with Gasteiger partial charge in [-0.15, -0.1) is 12.4 Å². The predicted molar refractivity (Wildman–Crippen MR) is 93.6 cm³/mol. The molecule has 2 amide bonds. The smallest absolute Gasteiger partial charge is 0.243 e. The van der Waals surface area contributed by atoms with Gasteiger partial charge in [0, 0.05) is 11.3 Å². The van der Waals surface area contributed by atoms with Crippen LogP contribution in [-0.4, -0.2) is 29.4 Å². The van der Waals surface area contributed by atoms with Crippen LogP contribution in [0.3, 0.4) is 0 Å². The Labute approximate surface area is 146 Å². The standard InChI is InChI=1S/C16H20N4O3.ClH/c1-10(2)15(17)16(22)19-8-14(21)20-12-5-3-11(4-6-12)13-7-18-9-23-13;/h3-7,9-10,15H,8,17H2,1-2H3,(H,19,22)(H,20,21);1H/t15-;/m0./s1. The molecule has 0 saturated carbocycles. The summed E-state index contributed by atoms with van der Waals surface area (Å²) in [5, 5.41) is 5.22. The summed E-state index contributed by atoms with van der Waals surface area (Å²) in [4.78, 5) is 27.4. The first-order valence-electron chi connectivity index (χ1n) is 7.29. The summed E-state index contributed by atoms with van der Waals surface area (Å²) in [6, 6.07) is 6.49. The summed E-state index contributed by atoms with van der Waals surface area (Å²) >= 11 is 0. The number of rotatable bonds is 6. The number of anilines is 1. The minimum atomic E-state index is -0.621. The van der Waals surface area contributed by atoms with Crippen molar-refractivity contribution in [3.63, 3.8) is 0 Å². The van der Waals surface area contributed by atoms with E-state index < -0.39 is 6.04 Å². The van der Waals surface area contributed by atoms with Crippen LogP contribution in [0.1, 0.15) is 13.8 Å². The topological polar surface area (TPSA) is 110 Å². The monoisotopic (exact) mass is 352 g/mol. The van der Waals surface area contributed by atoms with Gasteiger partial charge in [0.15, 0.2) is 12.2 Å². The molecule has 1 atom stereocenters. The summed E-state index contributed by atoms with van der Waals surface area (Å²) in [7, 11) is 0. The Balaban J connectivity index is 0.00000288. The molecule has 0 aliphatic rings. The highest BCUT2D eigenvalue weighted by Crippen LogP contribution is 2.20. The minimum Gasteiger partial charge on any atom is -0.444 e. The molecule has 0 unspecified atom stereocenters. The number of nitrogens with two attached hydrogens (primary N) is 1. The van der Waals surface area contributed by atoms with Crippen molar-refractivity contribution >= 4 is 29.9 Å². The first-order chi connectivity index (χ1) is 11.0. The Morgan fingerprint density at radius 3 is 2.46 bits per heavy atom. The van der Waals surface area contributed by atoms with E-state index in [1.54, 1.807) is 18.3 Å².